The smallest absolute Gasteiger partial charge is 0.389 e. The number of aliphatic hydroxyl groups excluding tert-OH is 1. The van der Waals surface area contributed by atoms with Crippen LogP contribution < -0.4 is 0 Å². The van der Waals surface area contributed by atoms with Crippen molar-refractivity contribution in [3.8, 4) is 0 Å². The molecule has 0 saturated carbocycles. The summed E-state index contributed by atoms with van der Waals surface area (Å²) in [7, 11) is 0. The van der Waals surface area contributed by atoms with Gasteiger partial charge >= 0.3 is 5.82 Å². The van der Waals surface area contributed by atoms with Gasteiger partial charge in [-0.1, -0.05) is 6.92 Å². The van der Waals surface area contributed by atoms with Crippen molar-refractivity contribution in [2.45, 2.75) is 32.4 Å². The third kappa shape index (κ3) is 2.96. The molecule has 1 aliphatic rings. The van der Waals surface area contributed by atoms with Crippen molar-refractivity contribution in [1.29, 1.82) is 0 Å². The van der Waals surface area contributed by atoms with Gasteiger partial charge in [0.15, 0.2) is 0 Å². The summed E-state index contributed by atoms with van der Waals surface area (Å²) in [6.07, 6.45) is 3.31. The number of likely N-dealkylation sites (tertiary alicyclic amines) is 1. The lowest BCUT2D eigenvalue weighted by molar-refractivity contribution is -0.389. The Bertz CT molecular complexity index is 501. The molecule has 1 saturated heterocycles. The van der Waals surface area contributed by atoms with E-state index in [0.29, 0.717) is 6.54 Å². The van der Waals surface area contributed by atoms with Gasteiger partial charge < -0.3 is 20.1 Å². The molecule has 8 nitrogen and oxygen atoms in total. The SMILES string of the molecule is CC1CCCN(C(=O)Cn2ccc([N+](=O)[O-])n2)C1CO. The first-order valence-electron chi connectivity index (χ1n) is 6.61. The van der Waals surface area contributed by atoms with Crippen LogP contribution in [0.3, 0.4) is 0 Å². The van der Waals surface area contributed by atoms with Crippen LogP contribution in [-0.4, -0.2) is 49.8 Å². The molecule has 1 aliphatic heterocycles. The van der Waals surface area contributed by atoms with Crippen molar-refractivity contribution in [1.82, 2.24) is 14.7 Å². The highest BCUT2D eigenvalue weighted by Gasteiger charge is 2.31. The average molecular weight is 282 g/mol. The molecule has 0 bridgehead atoms. The van der Waals surface area contributed by atoms with Gasteiger partial charge in [-0.2, -0.15) is 4.68 Å². The van der Waals surface area contributed by atoms with E-state index in [1.54, 1.807) is 4.90 Å². The molecule has 2 unspecified atom stereocenters. The zero-order valence-corrected chi connectivity index (χ0v) is 11.3. The molecule has 1 N–H and O–H groups in total. The second-order valence-corrected chi connectivity index (χ2v) is 5.09. The highest BCUT2D eigenvalue weighted by atomic mass is 16.6. The molecule has 0 aliphatic carbocycles. The fourth-order valence-electron chi connectivity index (χ4n) is 2.60. The van der Waals surface area contributed by atoms with Crippen LogP contribution in [0.25, 0.3) is 0 Å². The summed E-state index contributed by atoms with van der Waals surface area (Å²) in [5.74, 6) is -0.193. The van der Waals surface area contributed by atoms with Gasteiger partial charge in [0.2, 0.25) is 5.91 Å². The summed E-state index contributed by atoms with van der Waals surface area (Å²) in [6.45, 7) is 2.51. The molecule has 8 heteroatoms. The van der Waals surface area contributed by atoms with E-state index >= 15 is 0 Å². The maximum Gasteiger partial charge on any atom is 0.389 e. The lowest BCUT2D eigenvalue weighted by Crippen LogP contribution is -2.50. The van der Waals surface area contributed by atoms with Crippen molar-refractivity contribution in [3.05, 3.63) is 22.4 Å². The maximum atomic E-state index is 12.2. The van der Waals surface area contributed by atoms with Crippen LogP contribution in [0.5, 0.6) is 0 Å². The molecule has 110 valence electrons. The number of aliphatic hydroxyl groups is 1. The Morgan fingerprint density at radius 3 is 3.00 bits per heavy atom. The second kappa shape index (κ2) is 6.00. The number of hydrogen-bond donors (Lipinski definition) is 1. The molecule has 1 amide bonds. The molecule has 2 heterocycles. The largest absolute Gasteiger partial charge is 0.394 e. The third-order valence-corrected chi connectivity index (χ3v) is 3.73. The quantitative estimate of drug-likeness (QED) is 0.636. The number of aromatic nitrogens is 2. The van der Waals surface area contributed by atoms with E-state index in [9.17, 15) is 20.0 Å². The molecular weight excluding hydrogens is 264 g/mol. The van der Waals surface area contributed by atoms with Crippen molar-refractivity contribution >= 4 is 11.7 Å². The molecule has 0 radical (unpaired) electrons. The first-order valence-corrected chi connectivity index (χ1v) is 6.61. The van der Waals surface area contributed by atoms with Crippen LogP contribution in [0.1, 0.15) is 19.8 Å². The Morgan fingerprint density at radius 2 is 2.40 bits per heavy atom. The number of nitrogens with zero attached hydrogens (tertiary/aromatic N) is 4. The molecule has 0 spiro atoms. The Kier molecular flexibility index (Phi) is 4.33. The van der Waals surface area contributed by atoms with E-state index < -0.39 is 4.92 Å². The van der Waals surface area contributed by atoms with Gasteiger partial charge in [-0.15, -0.1) is 0 Å². The van der Waals surface area contributed by atoms with Crippen LogP contribution in [0.4, 0.5) is 5.82 Å². The minimum Gasteiger partial charge on any atom is -0.394 e. The predicted molar refractivity (Wildman–Crippen MR) is 69.9 cm³/mol. The van der Waals surface area contributed by atoms with E-state index in [4.69, 9.17) is 0 Å². The molecular formula is C12H18N4O4. The second-order valence-electron chi connectivity index (χ2n) is 5.09. The Hall–Kier alpha value is -1.96. The number of amides is 1. The molecule has 0 aromatic carbocycles. The first-order chi connectivity index (χ1) is 9.52. The molecule has 2 rings (SSSR count). The van der Waals surface area contributed by atoms with Crippen LogP contribution in [0, 0.1) is 16.0 Å². The fraction of sp³-hybridized carbons (Fsp3) is 0.667. The third-order valence-electron chi connectivity index (χ3n) is 3.73. The first kappa shape index (κ1) is 14.4. The number of rotatable bonds is 4. The minimum absolute atomic E-state index is 0.0446. The highest BCUT2D eigenvalue weighted by molar-refractivity contribution is 5.76. The zero-order valence-electron chi connectivity index (χ0n) is 11.3. The summed E-state index contributed by atoms with van der Waals surface area (Å²) < 4.78 is 1.26. The fourth-order valence-corrected chi connectivity index (χ4v) is 2.60. The lowest BCUT2D eigenvalue weighted by Gasteiger charge is -2.38. The molecule has 1 fully saturated rings. The summed E-state index contributed by atoms with van der Waals surface area (Å²) in [4.78, 5) is 23.8. The standard InChI is InChI=1S/C12H18N4O4/c1-9-3-2-5-15(10(9)8-17)12(18)7-14-6-4-11(13-14)16(19)20/h4,6,9-10,17H,2-3,5,7-8H2,1H3. The number of nitro groups is 1. The molecule has 1 aromatic rings. The van der Waals surface area contributed by atoms with Crippen molar-refractivity contribution < 1.29 is 14.8 Å². The molecule has 2 atom stereocenters. The van der Waals surface area contributed by atoms with E-state index in [0.717, 1.165) is 12.8 Å². The van der Waals surface area contributed by atoms with E-state index in [-0.39, 0.29) is 36.8 Å². The Morgan fingerprint density at radius 1 is 1.65 bits per heavy atom. The van der Waals surface area contributed by atoms with Crippen molar-refractivity contribution in [2.24, 2.45) is 5.92 Å². The summed E-state index contributed by atoms with van der Waals surface area (Å²) in [5.41, 5.74) is 0. The minimum atomic E-state index is -0.597. The Balaban J connectivity index is 2.04. The summed E-state index contributed by atoms with van der Waals surface area (Å²) >= 11 is 0. The van der Waals surface area contributed by atoms with Crippen molar-refractivity contribution in [2.75, 3.05) is 13.2 Å². The molecule has 1 aromatic heterocycles. The number of carbonyl (C=O) groups is 1. The maximum absolute atomic E-state index is 12.2. The van der Waals surface area contributed by atoms with Crippen LogP contribution >= 0.6 is 0 Å². The van der Waals surface area contributed by atoms with Crippen LogP contribution in [-0.2, 0) is 11.3 Å². The van der Waals surface area contributed by atoms with Gasteiger partial charge in [0.05, 0.1) is 30.0 Å². The van der Waals surface area contributed by atoms with Gasteiger partial charge in [0, 0.05) is 6.54 Å². The number of carbonyl (C=O) groups excluding carboxylic acids is 1. The van der Waals surface area contributed by atoms with E-state index in [1.165, 1.54) is 16.9 Å². The predicted octanol–water partition coefficient (Wildman–Crippen LogP) is 0.411. The highest BCUT2D eigenvalue weighted by Crippen LogP contribution is 2.23. The van der Waals surface area contributed by atoms with Crippen molar-refractivity contribution in [3.63, 3.8) is 0 Å². The van der Waals surface area contributed by atoms with E-state index in [1.807, 2.05) is 6.92 Å². The van der Waals surface area contributed by atoms with Gasteiger partial charge in [-0.3, -0.25) is 4.79 Å². The summed E-state index contributed by atoms with van der Waals surface area (Å²) in [6, 6.07) is 1.08. The van der Waals surface area contributed by atoms with Crippen LogP contribution in [0.2, 0.25) is 0 Å². The van der Waals surface area contributed by atoms with Crippen LogP contribution in [0.15, 0.2) is 12.3 Å². The Labute approximate surface area is 116 Å². The summed E-state index contributed by atoms with van der Waals surface area (Å²) in [5, 5.41) is 23.7. The van der Waals surface area contributed by atoms with Gasteiger partial charge in [-0.05, 0) is 23.7 Å². The van der Waals surface area contributed by atoms with Gasteiger partial charge in [0.1, 0.15) is 6.54 Å². The van der Waals surface area contributed by atoms with Gasteiger partial charge in [0.25, 0.3) is 0 Å². The topological polar surface area (TPSA) is 102 Å². The lowest BCUT2D eigenvalue weighted by atomic mass is 9.91. The number of hydrogen-bond acceptors (Lipinski definition) is 5. The van der Waals surface area contributed by atoms with Gasteiger partial charge in [-0.25, -0.2) is 0 Å². The van der Waals surface area contributed by atoms with E-state index in [2.05, 4.69) is 5.10 Å². The molecule has 20 heavy (non-hydrogen) atoms. The zero-order chi connectivity index (χ0) is 14.7. The monoisotopic (exact) mass is 282 g/mol. The number of piperidine rings is 1. The normalized spacial score (nSPS) is 22.8. The average Bonchev–Trinajstić information content (AvgIpc) is 2.87.